The van der Waals surface area contributed by atoms with Gasteiger partial charge in [0, 0.05) is 13.1 Å². The fourth-order valence-corrected chi connectivity index (χ4v) is 2.06. The van der Waals surface area contributed by atoms with Crippen LogP contribution in [-0.4, -0.2) is 30.2 Å². The summed E-state index contributed by atoms with van der Waals surface area (Å²) in [6, 6.07) is 6.35. The van der Waals surface area contributed by atoms with Crippen molar-refractivity contribution in [2.45, 2.75) is 25.8 Å². The third-order valence-electron chi connectivity index (χ3n) is 3.48. The highest BCUT2D eigenvalue weighted by molar-refractivity contribution is 6.01. The van der Waals surface area contributed by atoms with Crippen LogP contribution in [0.15, 0.2) is 24.3 Å². The Kier molecular flexibility index (Phi) is 3.74. The molecule has 2 amide bonds. The highest BCUT2D eigenvalue weighted by Gasteiger charge is 2.30. The van der Waals surface area contributed by atoms with Crippen LogP contribution in [0.4, 0.5) is 10.5 Å². The van der Waals surface area contributed by atoms with Crippen molar-refractivity contribution < 1.29 is 14.7 Å². The maximum absolute atomic E-state index is 12.1. The number of anilines is 1. The number of nitrogens with zero attached hydrogens (tertiary/aromatic N) is 1. The molecule has 5 heteroatoms. The zero-order valence-electron chi connectivity index (χ0n) is 11.1. The molecule has 0 aliphatic heterocycles. The number of nitrogens with one attached hydrogen (secondary N) is 1. The van der Waals surface area contributed by atoms with Crippen LogP contribution >= 0.6 is 0 Å². The highest BCUT2D eigenvalue weighted by atomic mass is 16.4. The van der Waals surface area contributed by atoms with E-state index in [0.29, 0.717) is 11.6 Å². The van der Waals surface area contributed by atoms with Gasteiger partial charge in [-0.05, 0) is 37.8 Å². The second-order valence-corrected chi connectivity index (χ2v) is 4.96. The molecule has 0 radical (unpaired) electrons. The van der Waals surface area contributed by atoms with E-state index in [9.17, 15) is 9.59 Å². The van der Waals surface area contributed by atoms with Crippen molar-refractivity contribution in [3.8, 4) is 0 Å². The summed E-state index contributed by atoms with van der Waals surface area (Å²) in [6.45, 7) is 1.98. The Balaban J connectivity index is 2.11. The molecule has 1 aliphatic rings. The number of amides is 2. The van der Waals surface area contributed by atoms with Crippen molar-refractivity contribution in [1.82, 2.24) is 5.32 Å². The maximum atomic E-state index is 12.1. The summed E-state index contributed by atoms with van der Waals surface area (Å²) in [5, 5.41) is 12.0. The zero-order chi connectivity index (χ0) is 14.0. The number of hydrogen-bond acceptors (Lipinski definition) is 2. The van der Waals surface area contributed by atoms with Crippen molar-refractivity contribution in [3.63, 3.8) is 0 Å². The first-order chi connectivity index (χ1) is 9.00. The van der Waals surface area contributed by atoms with E-state index in [2.05, 4.69) is 5.32 Å². The van der Waals surface area contributed by atoms with E-state index in [1.165, 1.54) is 11.0 Å². The number of carbonyl (C=O) groups excluding carboxylic acids is 1. The smallest absolute Gasteiger partial charge is 0.337 e. The van der Waals surface area contributed by atoms with Gasteiger partial charge in [0.25, 0.3) is 0 Å². The lowest BCUT2D eigenvalue weighted by atomic mass is 10.1. The van der Waals surface area contributed by atoms with E-state index in [0.717, 1.165) is 12.8 Å². The lowest BCUT2D eigenvalue weighted by Gasteiger charge is -2.22. The van der Waals surface area contributed by atoms with Gasteiger partial charge in [-0.15, -0.1) is 0 Å². The molecule has 102 valence electrons. The van der Waals surface area contributed by atoms with E-state index in [1.54, 1.807) is 25.2 Å². The Morgan fingerprint density at radius 3 is 2.58 bits per heavy atom. The van der Waals surface area contributed by atoms with Gasteiger partial charge < -0.3 is 10.4 Å². The topological polar surface area (TPSA) is 69.6 Å². The number of carboxylic acid groups (broad SMARTS) is 1. The molecule has 2 N–H and O–H groups in total. The molecule has 1 aliphatic carbocycles. The van der Waals surface area contributed by atoms with Gasteiger partial charge >= 0.3 is 12.0 Å². The second-order valence-electron chi connectivity index (χ2n) is 4.96. The minimum Gasteiger partial charge on any atom is -0.478 e. The maximum Gasteiger partial charge on any atom is 0.337 e. The number of rotatable bonds is 4. The van der Waals surface area contributed by atoms with Gasteiger partial charge in [-0.3, -0.25) is 4.90 Å². The predicted molar refractivity (Wildman–Crippen MR) is 72.5 cm³/mol. The molecule has 1 aromatic carbocycles. The Morgan fingerprint density at radius 1 is 1.37 bits per heavy atom. The SMILES string of the molecule is CC(NC(=O)N(C)c1ccccc1C(=O)O)C1CC1. The number of urea groups is 1. The first kappa shape index (κ1) is 13.4. The van der Waals surface area contributed by atoms with Crippen LogP contribution in [-0.2, 0) is 0 Å². The minimum absolute atomic E-state index is 0.124. The van der Waals surface area contributed by atoms with Gasteiger partial charge in [0.15, 0.2) is 0 Å². The number of hydrogen-bond donors (Lipinski definition) is 2. The van der Waals surface area contributed by atoms with E-state index >= 15 is 0 Å². The number of carbonyl (C=O) groups is 2. The van der Waals surface area contributed by atoms with Crippen LogP contribution in [0.25, 0.3) is 0 Å². The van der Waals surface area contributed by atoms with Crippen LogP contribution in [0, 0.1) is 5.92 Å². The molecule has 19 heavy (non-hydrogen) atoms. The summed E-state index contributed by atoms with van der Waals surface area (Å²) in [6.07, 6.45) is 2.30. The molecule has 2 rings (SSSR count). The lowest BCUT2D eigenvalue weighted by molar-refractivity contribution is 0.0697. The second kappa shape index (κ2) is 5.30. The Morgan fingerprint density at radius 2 is 2.00 bits per heavy atom. The third-order valence-corrected chi connectivity index (χ3v) is 3.48. The molecule has 1 fully saturated rings. The Labute approximate surface area is 112 Å². The molecule has 1 aromatic rings. The molecule has 1 atom stereocenters. The molecule has 1 unspecified atom stereocenters. The number of benzene rings is 1. The van der Waals surface area contributed by atoms with Crippen molar-refractivity contribution in [1.29, 1.82) is 0 Å². The van der Waals surface area contributed by atoms with Gasteiger partial charge in [-0.1, -0.05) is 12.1 Å². The van der Waals surface area contributed by atoms with Gasteiger partial charge in [-0.2, -0.15) is 0 Å². The largest absolute Gasteiger partial charge is 0.478 e. The van der Waals surface area contributed by atoms with E-state index < -0.39 is 5.97 Å². The molecule has 5 nitrogen and oxygen atoms in total. The molecule has 1 saturated carbocycles. The predicted octanol–water partition coefficient (Wildman–Crippen LogP) is 2.33. The van der Waals surface area contributed by atoms with Crippen LogP contribution in [0.5, 0.6) is 0 Å². The summed E-state index contributed by atoms with van der Waals surface area (Å²) in [5.41, 5.74) is 0.523. The minimum atomic E-state index is -1.04. The van der Waals surface area contributed by atoms with Crippen LogP contribution in [0.3, 0.4) is 0 Å². The van der Waals surface area contributed by atoms with Gasteiger partial charge in [0.05, 0.1) is 11.3 Å². The van der Waals surface area contributed by atoms with E-state index in [4.69, 9.17) is 5.11 Å². The van der Waals surface area contributed by atoms with E-state index in [-0.39, 0.29) is 17.6 Å². The Hall–Kier alpha value is -2.04. The molecule has 0 heterocycles. The molecular weight excluding hydrogens is 244 g/mol. The fraction of sp³-hybridized carbons (Fsp3) is 0.429. The van der Waals surface area contributed by atoms with Gasteiger partial charge in [0.1, 0.15) is 0 Å². The first-order valence-corrected chi connectivity index (χ1v) is 6.37. The standard InChI is InChI=1S/C14H18N2O3/c1-9(10-7-8-10)15-14(19)16(2)12-6-4-3-5-11(12)13(17)18/h3-6,9-10H,7-8H2,1-2H3,(H,15,19)(H,17,18). The highest BCUT2D eigenvalue weighted by Crippen LogP contribution is 2.32. The molecular formula is C14H18N2O3. The average molecular weight is 262 g/mol. The third kappa shape index (κ3) is 3.05. The first-order valence-electron chi connectivity index (χ1n) is 6.37. The van der Waals surface area contributed by atoms with Crippen molar-refractivity contribution in [2.24, 2.45) is 5.92 Å². The molecule has 0 spiro atoms. The average Bonchev–Trinajstić information content (AvgIpc) is 3.21. The quantitative estimate of drug-likeness (QED) is 0.875. The van der Waals surface area contributed by atoms with Crippen molar-refractivity contribution in [3.05, 3.63) is 29.8 Å². The Bertz CT molecular complexity index is 497. The van der Waals surface area contributed by atoms with Crippen molar-refractivity contribution in [2.75, 3.05) is 11.9 Å². The fourth-order valence-electron chi connectivity index (χ4n) is 2.06. The number of carboxylic acids is 1. The summed E-state index contributed by atoms with van der Waals surface area (Å²) >= 11 is 0. The summed E-state index contributed by atoms with van der Waals surface area (Å²) in [7, 11) is 1.58. The van der Waals surface area contributed by atoms with Gasteiger partial charge in [0.2, 0.25) is 0 Å². The zero-order valence-corrected chi connectivity index (χ0v) is 11.1. The number of para-hydroxylation sites is 1. The van der Waals surface area contributed by atoms with Crippen LogP contribution < -0.4 is 10.2 Å². The summed E-state index contributed by atoms with van der Waals surface area (Å²) < 4.78 is 0. The van der Waals surface area contributed by atoms with Crippen LogP contribution in [0.1, 0.15) is 30.1 Å². The summed E-state index contributed by atoms with van der Waals surface area (Å²) in [5.74, 6) is -0.474. The number of aromatic carboxylic acids is 1. The molecule has 0 saturated heterocycles. The van der Waals surface area contributed by atoms with Crippen LogP contribution in [0.2, 0.25) is 0 Å². The van der Waals surface area contributed by atoms with Crippen molar-refractivity contribution >= 4 is 17.7 Å². The van der Waals surface area contributed by atoms with Gasteiger partial charge in [-0.25, -0.2) is 9.59 Å². The monoisotopic (exact) mass is 262 g/mol. The molecule has 0 bridgehead atoms. The normalized spacial score (nSPS) is 15.7. The molecule has 0 aromatic heterocycles. The lowest BCUT2D eigenvalue weighted by Crippen LogP contribution is -2.43. The van der Waals surface area contributed by atoms with E-state index in [1.807, 2.05) is 6.92 Å². The summed E-state index contributed by atoms with van der Waals surface area (Å²) in [4.78, 5) is 24.6.